The highest BCUT2D eigenvalue weighted by Gasteiger charge is 2.25. The Bertz CT molecular complexity index is 408. The van der Waals surface area contributed by atoms with E-state index < -0.39 is 10.1 Å². The van der Waals surface area contributed by atoms with Gasteiger partial charge in [0.25, 0.3) is 10.1 Å². The molecule has 0 aliphatic carbocycles. The van der Waals surface area contributed by atoms with E-state index in [1.54, 1.807) is 24.3 Å². The largest absolute Gasteiger partial charge is 0.371 e. The van der Waals surface area contributed by atoms with E-state index >= 15 is 0 Å². The van der Waals surface area contributed by atoms with Gasteiger partial charge in [-0.1, -0.05) is 30.3 Å². The lowest BCUT2D eigenvalue weighted by molar-refractivity contribution is 0.266. The summed E-state index contributed by atoms with van der Waals surface area (Å²) >= 11 is 0. The molecular weight excluding hydrogens is 216 g/mol. The second kappa shape index (κ2) is 4.30. The van der Waals surface area contributed by atoms with Crippen molar-refractivity contribution in [1.82, 2.24) is 0 Å². The summed E-state index contributed by atoms with van der Waals surface area (Å²) in [5, 5.41) is 0. The van der Waals surface area contributed by atoms with E-state index in [9.17, 15) is 8.42 Å². The quantitative estimate of drug-likeness (QED) is 0.555. The van der Waals surface area contributed by atoms with Crippen LogP contribution in [0.4, 0.5) is 0 Å². The monoisotopic (exact) mass is 228 g/mol. The van der Waals surface area contributed by atoms with Crippen molar-refractivity contribution in [3.05, 3.63) is 35.9 Å². The molecule has 0 spiro atoms. The molecule has 1 aliphatic heterocycles. The van der Waals surface area contributed by atoms with Crippen LogP contribution in [0.25, 0.3) is 0 Å². The molecule has 1 aromatic rings. The van der Waals surface area contributed by atoms with Gasteiger partial charge < -0.3 is 4.74 Å². The summed E-state index contributed by atoms with van der Waals surface area (Å²) < 4.78 is 32.6. The first-order valence-corrected chi connectivity index (χ1v) is 6.26. The van der Waals surface area contributed by atoms with Gasteiger partial charge in [-0.15, -0.1) is 0 Å². The van der Waals surface area contributed by atoms with Crippen LogP contribution in [0.2, 0.25) is 0 Å². The van der Waals surface area contributed by atoms with Gasteiger partial charge in [0, 0.05) is 0 Å². The lowest BCUT2D eigenvalue weighted by atomic mass is 10.2. The lowest BCUT2D eigenvalue weighted by Gasteiger charge is -2.03. The molecule has 82 valence electrons. The highest BCUT2D eigenvalue weighted by molar-refractivity contribution is 7.85. The first-order valence-electron chi connectivity index (χ1n) is 4.68. The van der Waals surface area contributed by atoms with Crippen molar-refractivity contribution >= 4 is 10.1 Å². The van der Waals surface area contributed by atoms with E-state index in [2.05, 4.69) is 0 Å². The normalized spacial score (nSPS) is 20.1. The molecule has 1 heterocycles. The fraction of sp³-hybridized carbons (Fsp3) is 0.400. The zero-order valence-corrected chi connectivity index (χ0v) is 8.94. The molecule has 1 fully saturated rings. The van der Waals surface area contributed by atoms with Gasteiger partial charge >= 0.3 is 0 Å². The Balaban J connectivity index is 1.91. The Labute approximate surface area is 88.9 Å². The highest BCUT2D eigenvalue weighted by Crippen LogP contribution is 2.13. The van der Waals surface area contributed by atoms with Gasteiger partial charge in [0.1, 0.15) is 11.9 Å². The van der Waals surface area contributed by atoms with Gasteiger partial charge in [0.05, 0.1) is 13.2 Å². The van der Waals surface area contributed by atoms with Gasteiger partial charge in [-0.3, -0.25) is 4.18 Å². The van der Waals surface area contributed by atoms with Crippen LogP contribution in [-0.4, -0.2) is 27.7 Å². The maximum atomic E-state index is 11.5. The maximum absolute atomic E-state index is 11.5. The predicted octanol–water partition coefficient (Wildman–Crippen LogP) is 0.932. The zero-order valence-electron chi connectivity index (χ0n) is 8.13. The number of hydrogen-bond acceptors (Lipinski definition) is 4. The Morgan fingerprint density at radius 3 is 2.60 bits per heavy atom. The molecule has 5 heteroatoms. The number of rotatable bonds is 5. The topological polar surface area (TPSA) is 55.9 Å². The van der Waals surface area contributed by atoms with Crippen LogP contribution in [0.1, 0.15) is 5.56 Å². The number of hydrogen-bond donors (Lipinski definition) is 0. The van der Waals surface area contributed by atoms with Gasteiger partial charge in [-0.2, -0.15) is 8.42 Å². The molecule has 2 rings (SSSR count). The van der Waals surface area contributed by atoms with Gasteiger partial charge in [0.2, 0.25) is 0 Å². The molecule has 0 bridgehead atoms. The summed E-state index contributed by atoms with van der Waals surface area (Å²) in [6.45, 7) is 0.732. The molecule has 0 unspecified atom stereocenters. The van der Waals surface area contributed by atoms with Gasteiger partial charge in [0.15, 0.2) is 0 Å². The molecule has 1 atom stereocenters. The molecule has 0 aromatic heterocycles. The smallest absolute Gasteiger partial charge is 0.271 e. The standard InChI is InChI=1S/C10H12O4S/c11-15(12,14-7-10-6-13-10)8-9-4-2-1-3-5-9/h1-5,10H,6-8H2/t10-/m0/s1. The minimum atomic E-state index is -3.47. The third-order valence-electron chi connectivity index (χ3n) is 2.02. The molecule has 0 amide bonds. The van der Waals surface area contributed by atoms with E-state index in [0.717, 1.165) is 5.56 Å². The van der Waals surface area contributed by atoms with Crippen LogP contribution in [0, 0.1) is 0 Å². The average Bonchev–Trinajstić information content (AvgIpc) is 2.99. The van der Waals surface area contributed by atoms with Crippen LogP contribution in [0.3, 0.4) is 0 Å². The van der Waals surface area contributed by atoms with Crippen LogP contribution in [0.5, 0.6) is 0 Å². The van der Waals surface area contributed by atoms with Crippen molar-refractivity contribution in [3.63, 3.8) is 0 Å². The van der Waals surface area contributed by atoms with Crippen LogP contribution >= 0.6 is 0 Å². The Kier molecular flexibility index (Phi) is 3.04. The van der Waals surface area contributed by atoms with E-state index in [1.165, 1.54) is 0 Å². The summed E-state index contributed by atoms with van der Waals surface area (Å²) in [7, 11) is -3.47. The molecule has 1 saturated heterocycles. The van der Waals surface area contributed by atoms with Crippen LogP contribution in [0.15, 0.2) is 30.3 Å². The van der Waals surface area contributed by atoms with Crippen molar-refractivity contribution in [1.29, 1.82) is 0 Å². The highest BCUT2D eigenvalue weighted by atomic mass is 32.2. The van der Waals surface area contributed by atoms with Crippen molar-refractivity contribution in [2.75, 3.05) is 13.2 Å². The second-order valence-electron chi connectivity index (χ2n) is 3.43. The van der Waals surface area contributed by atoms with Crippen LogP contribution in [-0.2, 0) is 24.8 Å². The molecular formula is C10H12O4S. The summed E-state index contributed by atoms with van der Waals surface area (Å²) in [6, 6.07) is 8.96. The number of benzene rings is 1. The van der Waals surface area contributed by atoms with E-state index in [0.29, 0.717) is 6.61 Å². The Morgan fingerprint density at radius 1 is 1.33 bits per heavy atom. The maximum Gasteiger partial charge on any atom is 0.271 e. The first kappa shape index (κ1) is 10.6. The zero-order chi connectivity index (χ0) is 10.7. The van der Waals surface area contributed by atoms with Crippen LogP contribution < -0.4 is 0 Å². The number of epoxide rings is 1. The molecule has 1 aromatic carbocycles. The second-order valence-corrected chi connectivity index (χ2v) is 5.07. The third kappa shape index (κ3) is 3.62. The molecule has 4 nitrogen and oxygen atoms in total. The van der Waals surface area contributed by atoms with E-state index in [1.807, 2.05) is 6.07 Å². The van der Waals surface area contributed by atoms with Crippen molar-refractivity contribution in [3.8, 4) is 0 Å². The molecule has 0 N–H and O–H groups in total. The van der Waals surface area contributed by atoms with Crippen molar-refractivity contribution in [2.24, 2.45) is 0 Å². The fourth-order valence-electron chi connectivity index (χ4n) is 1.16. The van der Waals surface area contributed by atoms with E-state index in [-0.39, 0.29) is 18.5 Å². The van der Waals surface area contributed by atoms with Gasteiger partial charge in [-0.05, 0) is 5.56 Å². The van der Waals surface area contributed by atoms with Crippen molar-refractivity contribution < 1.29 is 17.3 Å². The summed E-state index contributed by atoms with van der Waals surface area (Å²) in [5.41, 5.74) is 0.731. The minimum absolute atomic E-state index is 0.0319. The fourth-order valence-corrected chi connectivity index (χ4v) is 2.21. The Morgan fingerprint density at radius 2 is 2.00 bits per heavy atom. The molecule has 0 radical (unpaired) electrons. The summed E-state index contributed by atoms with van der Waals surface area (Å²) in [4.78, 5) is 0. The van der Waals surface area contributed by atoms with Crippen molar-refractivity contribution in [2.45, 2.75) is 11.9 Å². The first-order chi connectivity index (χ1) is 7.16. The molecule has 1 aliphatic rings. The average molecular weight is 228 g/mol. The van der Waals surface area contributed by atoms with Gasteiger partial charge in [-0.25, -0.2) is 0 Å². The lowest BCUT2D eigenvalue weighted by Crippen LogP contribution is -2.12. The predicted molar refractivity (Wildman–Crippen MR) is 54.8 cm³/mol. The van der Waals surface area contributed by atoms with E-state index in [4.69, 9.17) is 8.92 Å². The minimum Gasteiger partial charge on any atom is -0.371 e. The molecule has 15 heavy (non-hydrogen) atoms. The summed E-state index contributed by atoms with van der Waals surface area (Å²) in [5.74, 6) is -0.0828. The Hall–Kier alpha value is -0.910. The third-order valence-corrected chi connectivity index (χ3v) is 3.20. The summed E-state index contributed by atoms with van der Waals surface area (Å²) in [6.07, 6.45) is -0.0319. The number of ether oxygens (including phenoxy) is 1. The molecule has 0 saturated carbocycles. The SMILES string of the molecule is O=S(=O)(Cc1ccccc1)OC[C@@H]1CO1.